The maximum atomic E-state index is 11.4. The van der Waals surface area contributed by atoms with Gasteiger partial charge in [-0.3, -0.25) is 4.79 Å². The first-order chi connectivity index (χ1) is 8.15. The molecule has 1 amide bonds. The Hall–Kier alpha value is -0.920. The van der Waals surface area contributed by atoms with Crippen LogP contribution in [0.5, 0.6) is 0 Å². The van der Waals surface area contributed by atoms with Crippen molar-refractivity contribution >= 4 is 39.3 Å². The lowest BCUT2D eigenvalue weighted by atomic mass is 10.5. The predicted octanol–water partition coefficient (Wildman–Crippen LogP) is 1.07. The third kappa shape index (κ3) is 4.84. The van der Waals surface area contributed by atoms with Crippen LogP contribution in [0.1, 0.15) is 0 Å². The highest BCUT2D eigenvalue weighted by Crippen LogP contribution is 2.25. The molecule has 0 saturated carbocycles. The summed E-state index contributed by atoms with van der Waals surface area (Å²) < 4.78 is 5.34. The molecule has 8 heteroatoms. The van der Waals surface area contributed by atoms with Crippen LogP contribution in [0, 0.1) is 0 Å². The van der Waals surface area contributed by atoms with Gasteiger partial charge in [-0.25, -0.2) is 9.97 Å². The van der Waals surface area contributed by atoms with Crippen LogP contribution in [-0.2, 0) is 9.53 Å². The molecule has 0 aliphatic rings. The maximum absolute atomic E-state index is 11.4. The van der Waals surface area contributed by atoms with E-state index in [1.807, 2.05) is 0 Å². The van der Waals surface area contributed by atoms with Crippen LogP contribution in [-0.4, -0.2) is 42.7 Å². The zero-order valence-corrected chi connectivity index (χ0v) is 11.5. The number of nitrogens with one attached hydrogen (secondary N) is 2. The van der Waals surface area contributed by atoms with Crippen LogP contribution >= 0.6 is 27.5 Å². The molecule has 0 spiro atoms. The molecule has 2 N–H and O–H groups in total. The van der Waals surface area contributed by atoms with Crippen molar-refractivity contribution in [2.75, 3.05) is 32.1 Å². The molecule has 0 atom stereocenters. The average molecular weight is 324 g/mol. The molecular weight excluding hydrogens is 311 g/mol. The number of hydrogen-bond donors (Lipinski definition) is 2. The molecule has 0 radical (unpaired) electrons. The molecule has 1 heterocycles. The highest BCUT2D eigenvalue weighted by molar-refractivity contribution is 9.10. The Morgan fingerprint density at radius 3 is 3.06 bits per heavy atom. The fourth-order valence-electron chi connectivity index (χ4n) is 0.991. The number of halogens is 2. The van der Waals surface area contributed by atoms with Gasteiger partial charge in [-0.15, -0.1) is 0 Å². The largest absolute Gasteiger partial charge is 0.383 e. The summed E-state index contributed by atoms with van der Waals surface area (Å²) >= 11 is 9.00. The highest BCUT2D eigenvalue weighted by atomic mass is 79.9. The van der Waals surface area contributed by atoms with E-state index in [1.165, 1.54) is 6.33 Å². The van der Waals surface area contributed by atoms with Crippen molar-refractivity contribution in [3.63, 3.8) is 0 Å². The second-order valence-corrected chi connectivity index (χ2v) is 4.17. The Morgan fingerprint density at radius 2 is 2.35 bits per heavy atom. The molecule has 94 valence electrons. The van der Waals surface area contributed by atoms with Crippen molar-refractivity contribution in [2.24, 2.45) is 0 Å². The average Bonchev–Trinajstić information content (AvgIpc) is 2.31. The molecule has 17 heavy (non-hydrogen) atoms. The summed E-state index contributed by atoms with van der Waals surface area (Å²) in [6.45, 7) is 1.06. The van der Waals surface area contributed by atoms with Crippen LogP contribution in [0.2, 0.25) is 5.15 Å². The second kappa shape index (κ2) is 7.41. The van der Waals surface area contributed by atoms with Crippen LogP contribution < -0.4 is 10.6 Å². The minimum atomic E-state index is -0.149. The van der Waals surface area contributed by atoms with E-state index in [0.717, 1.165) is 0 Å². The zero-order chi connectivity index (χ0) is 12.7. The van der Waals surface area contributed by atoms with Crippen molar-refractivity contribution in [3.8, 4) is 0 Å². The summed E-state index contributed by atoms with van der Waals surface area (Å²) in [4.78, 5) is 19.1. The number of rotatable bonds is 6. The molecule has 1 aromatic heterocycles. The smallest absolute Gasteiger partial charge is 0.239 e. The fraction of sp³-hybridized carbons (Fsp3) is 0.444. The zero-order valence-electron chi connectivity index (χ0n) is 9.17. The number of carbonyl (C=O) groups excluding carboxylic acids is 1. The summed E-state index contributed by atoms with van der Waals surface area (Å²) in [5, 5.41) is 5.81. The van der Waals surface area contributed by atoms with Gasteiger partial charge in [0, 0.05) is 13.7 Å². The molecular formula is C9H12BrClN4O2. The first-order valence-corrected chi connectivity index (χ1v) is 5.97. The molecule has 1 aromatic rings. The van der Waals surface area contributed by atoms with Gasteiger partial charge in [0.1, 0.15) is 17.3 Å². The molecule has 0 bridgehead atoms. The number of ether oxygens (including phenoxy) is 1. The Balaban J connectivity index is 2.39. The van der Waals surface area contributed by atoms with E-state index < -0.39 is 0 Å². The number of hydrogen-bond acceptors (Lipinski definition) is 5. The van der Waals surface area contributed by atoms with Gasteiger partial charge in [-0.2, -0.15) is 0 Å². The van der Waals surface area contributed by atoms with Crippen molar-refractivity contribution < 1.29 is 9.53 Å². The topological polar surface area (TPSA) is 76.1 Å². The van der Waals surface area contributed by atoms with Gasteiger partial charge in [-0.1, -0.05) is 11.6 Å². The quantitative estimate of drug-likeness (QED) is 0.605. The minimum absolute atomic E-state index is 0.107. The molecule has 0 aromatic carbocycles. The van der Waals surface area contributed by atoms with Gasteiger partial charge >= 0.3 is 0 Å². The van der Waals surface area contributed by atoms with E-state index in [0.29, 0.717) is 28.6 Å². The van der Waals surface area contributed by atoms with Crippen molar-refractivity contribution in [1.29, 1.82) is 0 Å². The molecule has 0 unspecified atom stereocenters. The Kier molecular flexibility index (Phi) is 6.17. The van der Waals surface area contributed by atoms with E-state index in [4.69, 9.17) is 16.3 Å². The maximum Gasteiger partial charge on any atom is 0.239 e. The molecule has 0 saturated heterocycles. The summed E-state index contributed by atoms with van der Waals surface area (Å²) in [6, 6.07) is 0. The molecule has 0 aliphatic carbocycles. The molecule has 1 rings (SSSR count). The van der Waals surface area contributed by atoms with Crippen molar-refractivity contribution in [2.45, 2.75) is 0 Å². The lowest BCUT2D eigenvalue weighted by Crippen LogP contribution is -2.32. The van der Waals surface area contributed by atoms with Gasteiger partial charge in [0.2, 0.25) is 5.91 Å². The lowest BCUT2D eigenvalue weighted by molar-refractivity contribution is -0.119. The lowest BCUT2D eigenvalue weighted by Gasteiger charge is -2.08. The summed E-state index contributed by atoms with van der Waals surface area (Å²) in [5.41, 5.74) is 0. The first kappa shape index (κ1) is 14.1. The van der Waals surface area contributed by atoms with Crippen LogP contribution in [0.4, 0.5) is 5.82 Å². The standard InChI is InChI=1S/C9H12BrClN4O2/c1-17-3-2-12-6(16)4-13-9-7(10)8(11)14-5-15-9/h5H,2-4H2,1H3,(H,12,16)(H,13,14,15). The monoisotopic (exact) mass is 322 g/mol. The number of nitrogens with zero attached hydrogens (tertiary/aromatic N) is 2. The van der Waals surface area contributed by atoms with E-state index in [9.17, 15) is 4.79 Å². The highest BCUT2D eigenvalue weighted by Gasteiger charge is 2.07. The number of anilines is 1. The number of aromatic nitrogens is 2. The van der Waals surface area contributed by atoms with Gasteiger partial charge in [0.05, 0.1) is 17.6 Å². The fourth-order valence-corrected chi connectivity index (χ4v) is 1.47. The van der Waals surface area contributed by atoms with Crippen LogP contribution in [0.3, 0.4) is 0 Å². The normalized spacial score (nSPS) is 10.1. The van der Waals surface area contributed by atoms with Crippen LogP contribution in [0.25, 0.3) is 0 Å². The summed E-state index contributed by atoms with van der Waals surface area (Å²) in [5.74, 6) is 0.329. The molecule has 0 aliphatic heterocycles. The van der Waals surface area contributed by atoms with Gasteiger partial charge < -0.3 is 15.4 Å². The van der Waals surface area contributed by atoms with E-state index in [1.54, 1.807) is 7.11 Å². The molecule has 6 nitrogen and oxygen atoms in total. The Labute approximate surface area is 112 Å². The SMILES string of the molecule is COCCNC(=O)CNc1ncnc(Cl)c1Br. The van der Waals surface area contributed by atoms with E-state index in [-0.39, 0.29) is 12.5 Å². The summed E-state index contributed by atoms with van der Waals surface area (Å²) in [6.07, 6.45) is 1.32. The van der Waals surface area contributed by atoms with E-state index in [2.05, 4.69) is 36.5 Å². The number of amides is 1. The Bertz CT molecular complexity index is 391. The molecule has 0 fully saturated rings. The van der Waals surface area contributed by atoms with Crippen LogP contribution in [0.15, 0.2) is 10.8 Å². The first-order valence-electron chi connectivity index (χ1n) is 4.80. The number of methoxy groups -OCH3 is 1. The third-order valence-electron chi connectivity index (χ3n) is 1.79. The number of carbonyl (C=O) groups is 1. The minimum Gasteiger partial charge on any atom is -0.383 e. The van der Waals surface area contributed by atoms with Gasteiger partial charge in [-0.05, 0) is 15.9 Å². The van der Waals surface area contributed by atoms with Crippen molar-refractivity contribution in [3.05, 3.63) is 16.0 Å². The Morgan fingerprint density at radius 1 is 1.59 bits per heavy atom. The summed E-state index contributed by atoms with van der Waals surface area (Å²) in [7, 11) is 1.57. The van der Waals surface area contributed by atoms with Crippen molar-refractivity contribution in [1.82, 2.24) is 15.3 Å². The third-order valence-corrected chi connectivity index (χ3v) is 3.06. The van der Waals surface area contributed by atoms with Gasteiger partial charge in [0.15, 0.2) is 0 Å². The predicted molar refractivity (Wildman–Crippen MR) is 68.1 cm³/mol. The van der Waals surface area contributed by atoms with Gasteiger partial charge in [0.25, 0.3) is 0 Å². The van der Waals surface area contributed by atoms with E-state index >= 15 is 0 Å². The second-order valence-electron chi connectivity index (χ2n) is 3.02.